The Labute approximate surface area is 146 Å². The average Bonchev–Trinajstić information content (AvgIpc) is 3.24. The number of aromatic nitrogens is 5. The highest BCUT2D eigenvalue weighted by atomic mass is 16.2. The Hall–Kier alpha value is -2.96. The van der Waals surface area contributed by atoms with Gasteiger partial charge in [-0.15, -0.1) is 0 Å². The van der Waals surface area contributed by atoms with Crippen LogP contribution in [0.1, 0.15) is 24.3 Å². The van der Waals surface area contributed by atoms with E-state index in [1.165, 1.54) is 6.33 Å². The van der Waals surface area contributed by atoms with Gasteiger partial charge in [0, 0.05) is 12.6 Å². The number of hydrogen-bond acceptors (Lipinski definition) is 4. The van der Waals surface area contributed by atoms with E-state index in [4.69, 9.17) is 0 Å². The van der Waals surface area contributed by atoms with Crippen molar-refractivity contribution in [2.45, 2.75) is 26.4 Å². The third kappa shape index (κ3) is 3.93. The van der Waals surface area contributed by atoms with Gasteiger partial charge >= 0.3 is 0 Å². The van der Waals surface area contributed by atoms with E-state index in [1.54, 1.807) is 22.7 Å². The second kappa shape index (κ2) is 7.29. The minimum absolute atomic E-state index is 0.0516. The third-order valence-corrected chi connectivity index (χ3v) is 4.15. The maximum absolute atomic E-state index is 12.7. The van der Waals surface area contributed by atoms with Gasteiger partial charge in [-0.3, -0.25) is 14.2 Å². The Bertz CT molecular complexity index is 823. The van der Waals surface area contributed by atoms with Gasteiger partial charge in [0.05, 0.1) is 18.3 Å². The Kier molecular flexibility index (Phi) is 4.92. The van der Waals surface area contributed by atoms with Gasteiger partial charge in [-0.25, -0.2) is 4.98 Å². The van der Waals surface area contributed by atoms with Crippen molar-refractivity contribution in [3.8, 4) is 11.3 Å². The number of nitrogens with zero attached hydrogens (tertiary/aromatic N) is 5. The quantitative estimate of drug-likeness (QED) is 0.747. The van der Waals surface area contributed by atoms with Gasteiger partial charge in [0.1, 0.15) is 18.3 Å². The predicted molar refractivity (Wildman–Crippen MR) is 94.8 cm³/mol. The molecular formula is C18H22N6O. The molecule has 0 spiro atoms. The van der Waals surface area contributed by atoms with Crippen molar-refractivity contribution in [2.75, 3.05) is 0 Å². The lowest BCUT2D eigenvalue weighted by molar-refractivity contribution is 0.0909. The van der Waals surface area contributed by atoms with Gasteiger partial charge in [0.15, 0.2) is 0 Å². The van der Waals surface area contributed by atoms with Crippen molar-refractivity contribution in [3.63, 3.8) is 0 Å². The SMILES string of the molecule is CC(C)C(Cn1cncn1)NC(=O)c1cc(-c2ccccc2)nn1C. The van der Waals surface area contributed by atoms with Crippen molar-refractivity contribution in [2.24, 2.45) is 13.0 Å². The van der Waals surface area contributed by atoms with Crippen LogP contribution in [0.3, 0.4) is 0 Å². The van der Waals surface area contributed by atoms with Crippen molar-refractivity contribution in [1.29, 1.82) is 0 Å². The molecule has 25 heavy (non-hydrogen) atoms. The standard InChI is InChI=1S/C18H22N6O/c1-13(2)16(10-24-12-19-11-20-24)21-18(25)17-9-15(22-23(17)3)14-7-5-4-6-8-14/h4-9,11-13,16H,10H2,1-3H3,(H,21,25). The van der Waals surface area contributed by atoms with Crippen molar-refractivity contribution in [3.05, 3.63) is 54.7 Å². The van der Waals surface area contributed by atoms with Crippen LogP contribution in [-0.4, -0.2) is 36.5 Å². The van der Waals surface area contributed by atoms with Crippen molar-refractivity contribution >= 4 is 5.91 Å². The first-order chi connectivity index (χ1) is 12.0. The summed E-state index contributed by atoms with van der Waals surface area (Å²) >= 11 is 0. The Balaban J connectivity index is 1.77. The lowest BCUT2D eigenvalue weighted by atomic mass is 10.0. The average molecular weight is 338 g/mol. The van der Waals surface area contributed by atoms with Crippen LogP contribution >= 0.6 is 0 Å². The molecule has 1 N–H and O–H groups in total. The smallest absolute Gasteiger partial charge is 0.269 e. The predicted octanol–water partition coefficient (Wildman–Crippen LogP) is 2.13. The van der Waals surface area contributed by atoms with Gasteiger partial charge in [0.2, 0.25) is 0 Å². The molecule has 130 valence electrons. The maximum Gasteiger partial charge on any atom is 0.269 e. The second-order valence-electron chi connectivity index (χ2n) is 6.35. The minimum Gasteiger partial charge on any atom is -0.346 e. The van der Waals surface area contributed by atoms with Crippen LogP contribution < -0.4 is 5.32 Å². The largest absolute Gasteiger partial charge is 0.346 e. The molecule has 1 amide bonds. The zero-order chi connectivity index (χ0) is 17.8. The van der Waals surface area contributed by atoms with E-state index in [-0.39, 0.29) is 17.9 Å². The minimum atomic E-state index is -0.143. The summed E-state index contributed by atoms with van der Waals surface area (Å²) in [5.74, 6) is 0.117. The highest BCUT2D eigenvalue weighted by molar-refractivity contribution is 5.93. The third-order valence-electron chi connectivity index (χ3n) is 4.15. The molecule has 7 heteroatoms. The van der Waals surface area contributed by atoms with E-state index < -0.39 is 0 Å². The van der Waals surface area contributed by atoms with E-state index in [1.807, 2.05) is 36.4 Å². The molecule has 0 aliphatic rings. The zero-order valence-corrected chi connectivity index (χ0v) is 14.6. The number of nitrogens with one attached hydrogen (secondary N) is 1. The molecule has 0 saturated heterocycles. The topological polar surface area (TPSA) is 77.6 Å². The molecule has 0 fully saturated rings. The highest BCUT2D eigenvalue weighted by Crippen LogP contribution is 2.18. The number of carbonyl (C=O) groups excluding carboxylic acids is 1. The molecule has 3 aromatic rings. The molecular weight excluding hydrogens is 316 g/mol. The number of hydrogen-bond donors (Lipinski definition) is 1. The molecule has 2 heterocycles. The Morgan fingerprint density at radius 1 is 1.24 bits per heavy atom. The number of amides is 1. The number of carbonyl (C=O) groups is 1. The van der Waals surface area contributed by atoms with E-state index >= 15 is 0 Å². The van der Waals surface area contributed by atoms with Crippen LogP contribution in [0.5, 0.6) is 0 Å². The summed E-state index contributed by atoms with van der Waals surface area (Å²) in [7, 11) is 1.78. The number of rotatable bonds is 6. The molecule has 0 aliphatic carbocycles. The molecule has 2 aromatic heterocycles. The van der Waals surface area contributed by atoms with E-state index in [0.29, 0.717) is 12.2 Å². The van der Waals surface area contributed by atoms with Gasteiger partial charge in [-0.1, -0.05) is 44.2 Å². The molecule has 0 radical (unpaired) electrons. The summed E-state index contributed by atoms with van der Waals surface area (Å²) in [4.78, 5) is 16.7. The summed E-state index contributed by atoms with van der Waals surface area (Å²) in [6.07, 6.45) is 3.14. The summed E-state index contributed by atoms with van der Waals surface area (Å²) in [5, 5.41) is 11.7. The fraction of sp³-hybridized carbons (Fsp3) is 0.333. The van der Waals surface area contributed by atoms with Crippen LogP contribution in [0, 0.1) is 5.92 Å². The summed E-state index contributed by atoms with van der Waals surface area (Å²) < 4.78 is 3.34. The molecule has 0 bridgehead atoms. The summed E-state index contributed by atoms with van der Waals surface area (Å²) in [6.45, 7) is 4.72. The first-order valence-corrected chi connectivity index (χ1v) is 8.27. The molecule has 0 aliphatic heterocycles. The fourth-order valence-corrected chi connectivity index (χ4v) is 2.62. The molecule has 1 atom stereocenters. The van der Waals surface area contributed by atoms with E-state index in [0.717, 1.165) is 11.3 Å². The maximum atomic E-state index is 12.7. The first kappa shape index (κ1) is 16.9. The molecule has 3 rings (SSSR count). The monoisotopic (exact) mass is 338 g/mol. The number of aryl methyl sites for hydroxylation is 1. The zero-order valence-electron chi connectivity index (χ0n) is 14.6. The van der Waals surface area contributed by atoms with Gasteiger partial charge < -0.3 is 5.32 Å². The number of benzene rings is 1. The van der Waals surface area contributed by atoms with Gasteiger partial charge in [-0.2, -0.15) is 10.2 Å². The van der Waals surface area contributed by atoms with E-state index in [9.17, 15) is 4.79 Å². The van der Waals surface area contributed by atoms with Crippen LogP contribution in [0.4, 0.5) is 0 Å². The molecule has 7 nitrogen and oxygen atoms in total. The molecule has 0 saturated carbocycles. The fourth-order valence-electron chi connectivity index (χ4n) is 2.62. The van der Waals surface area contributed by atoms with Gasteiger partial charge in [-0.05, 0) is 12.0 Å². The first-order valence-electron chi connectivity index (χ1n) is 8.27. The Morgan fingerprint density at radius 2 is 2.00 bits per heavy atom. The lowest BCUT2D eigenvalue weighted by Gasteiger charge is -2.22. The van der Waals surface area contributed by atoms with Crippen molar-refractivity contribution < 1.29 is 4.79 Å². The normalized spacial score (nSPS) is 12.3. The van der Waals surface area contributed by atoms with E-state index in [2.05, 4.69) is 34.3 Å². The Morgan fingerprint density at radius 3 is 2.64 bits per heavy atom. The van der Waals surface area contributed by atoms with Crippen LogP contribution in [-0.2, 0) is 13.6 Å². The van der Waals surface area contributed by atoms with Crippen LogP contribution in [0.25, 0.3) is 11.3 Å². The summed E-state index contributed by atoms with van der Waals surface area (Å²) in [6, 6.07) is 11.6. The van der Waals surface area contributed by atoms with Crippen LogP contribution in [0.15, 0.2) is 49.1 Å². The summed E-state index contributed by atoms with van der Waals surface area (Å²) in [5.41, 5.74) is 2.30. The molecule has 1 aromatic carbocycles. The van der Waals surface area contributed by atoms with Gasteiger partial charge in [0.25, 0.3) is 5.91 Å². The van der Waals surface area contributed by atoms with Crippen LogP contribution in [0.2, 0.25) is 0 Å². The molecule has 1 unspecified atom stereocenters. The van der Waals surface area contributed by atoms with Crippen molar-refractivity contribution in [1.82, 2.24) is 29.9 Å². The second-order valence-corrected chi connectivity index (χ2v) is 6.35. The highest BCUT2D eigenvalue weighted by Gasteiger charge is 2.21. The lowest BCUT2D eigenvalue weighted by Crippen LogP contribution is -2.42.